The van der Waals surface area contributed by atoms with Gasteiger partial charge in [-0.15, -0.1) is 12.4 Å². The molecule has 1 atom stereocenters. The number of carbonyl (C=O) groups excluding carboxylic acids is 2. The lowest BCUT2D eigenvalue weighted by atomic mass is 9.78. The van der Waals surface area contributed by atoms with E-state index in [0.29, 0.717) is 12.1 Å². The van der Waals surface area contributed by atoms with Crippen LogP contribution in [0.5, 0.6) is 0 Å². The van der Waals surface area contributed by atoms with E-state index in [1.807, 2.05) is 0 Å². The molecule has 1 fully saturated rings. The molecule has 4 rings (SSSR count). The Morgan fingerprint density at radius 1 is 1.22 bits per heavy atom. The summed E-state index contributed by atoms with van der Waals surface area (Å²) >= 11 is 6.26. The highest BCUT2D eigenvalue weighted by Gasteiger charge is 2.57. The van der Waals surface area contributed by atoms with Gasteiger partial charge in [0.2, 0.25) is 5.91 Å². The van der Waals surface area contributed by atoms with Gasteiger partial charge in [0.05, 0.1) is 11.3 Å². The summed E-state index contributed by atoms with van der Waals surface area (Å²) in [6.45, 7) is 5.98. The SMILES string of the molecule is CCN(CC)[C@H]1C[C@H](CN2C(=O)C(O)(c3ccccc3Cl)c3c2cc(C(N)=O)cc3C(F)(F)F)C1.Cl. The number of nitrogens with zero attached hydrogens (tertiary/aromatic N) is 2. The maximum atomic E-state index is 14.2. The standard InChI is InChI=1S/C25H27ClF3N3O3.ClH/c1-3-31(4-2)16-9-14(10-16)13-32-20-12-15(22(30)33)11-18(25(27,28)29)21(20)24(35,23(32)34)17-7-5-6-8-19(17)26;/h5-8,11-12,14,16,35H,3-4,9-10,13H2,1-2H3,(H2,30,33);1H/t14-,16-,24?;. The van der Waals surface area contributed by atoms with Crippen LogP contribution in [-0.4, -0.2) is 47.5 Å². The Morgan fingerprint density at radius 3 is 2.36 bits per heavy atom. The normalized spacial score (nSPS) is 23.3. The van der Waals surface area contributed by atoms with E-state index in [0.717, 1.165) is 36.9 Å². The van der Waals surface area contributed by atoms with Crippen LogP contribution in [0.25, 0.3) is 0 Å². The summed E-state index contributed by atoms with van der Waals surface area (Å²) in [6, 6.07) is 7.83. The summed E-state index contributed by atoms with van der Waals surface area (Å²) in [4.78, 5) is 29.1. The first-order valence-corrected chi connectivity index (χ1v) is 11.9. The summed E-state index contributed by atoms with van der Waals surface area (Å²) in [5.74, 6) is -1.97. The van der Waals surface area contributed by atoms with Crippen molar-refractivity contribution in [2.75, 3.05) is 24.5 Å². The Morgan fingerprint density at radius 2 is 1.83 bits per heavy atom. The van der Waals surface area contributed by atoms with Gasteiger partial charge in [-0.2, -0.15) is 13.2 Å². The number of rotatable bonds is 7. The first-order valence-electron chi connectivity index (χ1n) is 11.5. The molecule has 0 saturated heterocycles. The van der Waals surface area contributed by atoms with Crippen LogP contribution in [-0.2, 0) is 16.6 Å². The predicted octanol–water partition coefficient (Wildman–Crippen LogP) is 4.58. The highest BCUT2D eigenvalue weighted by molar-refractivity contribution is 6.32. The number of fused-ring (bicyclic) bond motifs is 1. The molecule has 1 unspecified atom stereocenters. The lowest BCUT2D eigenvalue weighted by molar-refractivity contribution is -0.142. The van der Waals surface area contributed by atoms with Crippen molar-refractivity contribution in [3.63, 3.8) is 0 Å². The van der Waals surface area contributed by atoms with Crippen LogP contribution < -0.4 is 10.6 Å². The lowest BCUT2D eigenvalue weighted by Crippen LogP contribution is -2.50. The van der Waals surface area contributed by atoms with E-state index in [4.69, 9.17) is 17.3 Å². The number of nitrogens with two attached hydrogens (primary N) is 1. The highest BCUT2D eigenvalue weighted by Crippen LogP contribution is 2.52. The number of hydrogen-bond donors (Lipinski definition) is 2. The van der Waals surface area contributed by atoms with Gasteiger partial charge >= 0.3 is 6.18 Å². The number of carbonyl (C=O) groups is 2. The van der Waals surface area contributed by atoms with Crippen molar-refractivity contribution in [3.8, 4) is 0 Å². The molecule has 36 heavy (non-hydrogen) atoms. The first kappa shape index (κ1) is 28.2. The van der Waals surface area contributed by atoms with E-state index in [1.165, 1.54) is 18.2 Å². The molecule has 2 aromatic rings. The molecule has 1 aliphatic heterocycles. The molecule has 1 saturated carbocycles. The smallest absolute Gasteiger partial charge is 0.372 e. The van der Waals surface area contributed by atoms with E-state index in [2.05, 4.69) is 18.7 Å². The molecule has 1 aliphatic carbocycles. The Kier molecular flexibility index (Phi) is 8.01. The number of anilines is 1. The molecule has 1 heterocycles. The number of aliphatic hydroxyl groups is 1. The van der Waals surface area contributed by atoms with Crippen molar-refractivity contribution >= 4 is 41.5 Å². The predicted molar refractivity (Wildman–Crippen MR) is 133 cm³/mol. The second-order valence-electron chi connectivity index (χ2n) is 9.10. The molecule has 3 N–H and O–H groups in total. The second kappa shape index (κ2) is 10.2. The molecule has 0 radical (unpaired) electrons. The Bertz CT molecular complexity index is 1170. The fourth-order valence-corrected chi connectivity index (χ4v) is 5.60. The molecule has 2 aromatic carbocycles. The summed E-state index contributed by atoms with van der Waals surface area (Å²) in [5.41, 5.74) is 0.00767. The largest absolute Gasteiger partial charge is 0.416 e. The molecule has 11 heteroatoms. The van der Waals surface area contributed by atoms with Gasteiger partial charge in [-0.05, 0) is 50.0 Å². The van der Waals surface area contributed by atoms with Crippen LogP contribution in [0, 0.1) is 5.92 Å². The molecular weight excluding hydrogens is 518 g/mol. The average Bonchev–Trinajstić information content (AvgIpc) is 2.99. The lowest BCUT2D eigenvalue weighted by Gasteiger charge is -2.43. The van der Waals surface area contributed by atoms with E-state index in [9.17, 15) is 27.9 Å². The minimum atomic E-state index is -4.97. The van der Waals surface area contributed by atoms with Gasteiger partial charge in [0, 0.05) is 34.3 Å². The average molecular weight is 546 g/mol. The van der Waals surface area contributed by atoms with Gasteiger partial charge in [0.1, 0.15) is 0 Å². The van der Waals surface area contributed by atoms with E-state index < -0.39 is 40.3 Å². The number of hydrogen-bond acceptors (Lipinski definition) is 4. The molecule has 2 aliphatic rings. The topological polar surface area (TPSA) is 86.9 Å². The zero-order valence-electron chi connectivity index (χ0n) is 19.8. The van der Waals surface area contributed by atoms with Crippen LogP contribution in [0.3, 0.4) is 0 Å². The number of halogens is 5. The highest BCUT2D eigenvalue weighted by atomic mass is 35.5. The van der Waals surface area contributed by atoms with Gasteiger partial charge in [-0.25, -0.2) is 0 Å². The van der Waals surface area contributed by atoms with Crippen molar-refractivity contribution in [2.45, 2.75) is 44.5 Å². The van der Waals surface area contributed by atoms with Crippen LogP contribution in [0.1, 0.15) is 53.7 Å². The first-order chi connectivity index (χ1) is 16.4. The monoisotopic (exact) mass is 545 g/mol. The van der Waals surface area contributed by atoms with Gasteiger partial charge < -0.3 is 20.6 Å². The van der Waals surface area contributed by atoms with Crippen LogP contribution in [0.4, 0.5) is 18.9 Å². The number of primary amides is 1. The Balaban J connectivity index is 0.00000361. The molecular formula is C25H28Cl2F3N3O3. The quantitative estimate of drug-likeness (QED) is 0.533. The molecule has 0 aromatic heterocycles. The third kappa shape index (κ3) is 4.58. The summed E-state index contributed by atoms with van der Waals surface area (Å²) in [7, 11) is 0. The maximum Gasteiger partial charge on any atom is 0.416 e. The van der Waals surface area contributed by atoms with Gasteiger partial charge in [-0.1, -0.05) is 43.6 Å². The third-order valence-electron chi connectivity index (χ3n) is 7.16. The molecule has 0 bridgehead atoms. The van der Waals surface area contributed by atoms with E-state index in [-0.39, 0.29) is 41.1 Å². The molecule has 2 amide bonds. The number of benzene rings is 2. The van der Waals surface area contributed by atoms with Gasteiger partial charge in [-0.3, -0.25) is 9.59 Å². The van der Waals surface area contributed by atoms with E-state index >= 15 is 0 Å². The van der Waals surface area contributed by atoms with Crippen molar-refractivity contribution in [3.05, 3.63) is 63.7 Å². The second-order valence-corrected chi connectivity index (χ2v) is 9.51. The van der Waals surface area contributed by atoms with Gasteiger partial charge in [0.25, 0.3) is 5.91 Å². The maximum absolute atomic E-state index is 14.2. The summed E-state index contributed by atoms with van der Waals surface area (Å²) in [5, 5.41) is 11.7. The zero-order chi connectivity index (χ0) is 25.7. The molecule has 0 spiro atoms. The van der Waals surface area contributed by atoms with Gasteiger partial charge in [0.15, 0.2) is 5.60 Å². The zero-order valence-corrected chi connectivity index (χ0v) is 21.4. The van der Waals surface area contributed by atoms with Crippen LogP contribution in [0.15, 0.2) is 36.4 Å². The minimum absolute atomic E-state index is 0. The minimum Gasteiger partial charge on any atom is -0.372 e. The molecule has 6 nitrogen and oxygen atoms in total. The van der Waals surface area contributed by atoms with Crippen molar-refractivity contribution < 1.29 is 27.9 Å². The van der Waals surface area contributed by atoms with Crippen LogP contribution in [0.2, 0.25) is 5.02 Å². The number of amides is 2. The Labute approximate surface area is 218 Å². The van der Waals surface area contributed by atoms with Crippen molar-refractivity contribution in [1.29, 1.82) is 0 Å². The fourth-order valence-electron chi connectivity index (χ4n) is 5.33. The van der Waals surface area contributed by atoms with Crippen molar-refractivity contribution in [2.24, 2.45) is 11.7 Å². The summed E-state index contributed by atoms with van der Waals surface area (Å²) in [6.07, 6.45) is -3.43. The Hall–Kier alpha value is -2.33. The third-order valence-corrected chi connectivity index (χ3v) is 7.49. The van der Waals surface area contributed by atoms with Crippen LogP contribution >= 0.6 is 24.0 Å². The van der Waals surface area contributed by atoms with Crippen molar-refractivity contribution in [1.82, 2.24) is 4.90 Å². The van der Waals surface area contributed by atoms with E-state index in [1.54, 1.807) is 6.07 Å². The number of alkyl halides is 3. The fraction of sp³-hybridized carbons (Fsp3) is 0.440. The molecule has 196 valence electrons. The summed E-state index contributed by atoms with van der Waals surface area (Å²) < 4.78 is 42.7.